The number of benzene rings is 2. The molecule has 0 saturated carbocycles. The minimum Gasteiger partial charge on any atom is -0.494 e. The fourth-order valence-electron chi connectivity index (χ4n) is 1.93. The monoisotopic (exact) mass is 282 g/mol. The number of aliphatic hydroxyl groups excluding tert-OH is 1. The summed E-state index contributed by atoms with van der Waals surface area (Å²) in [5.74, 6) is -2.83. The van der Waals surface area contributed by atoms with E-state index in [2.05, 4.69) is 0 Å². The lowest BCUT2D eigenvalue weighted by Crippen LogP contribution is -1.98. The zero-order chi connectivity index (χ0) is 14.7. The van der Waals surface area contributed by atoms with Crippen molar-refractivity contribution >= 4 is 0 Å². The Balaban J connectivity index is 2.60. The molecular weight excluding hydrogens is 269 g/mol. The molecular formula is C15H13F3O2. The van der Waals surface area contributed by atoms with Gasteiger partial charge in [0, 0.05) is 11.6 Å². The van der Waals surface area contributed by atoms with Crippen LogP contribution in [0.3, 0.4) is 0 Å². The van der Waals surface area contributed by atoms with E-state index in [1.807, 2.05) is 0 Å². The van der Waals surface area contributed by atoms with Gasteiger partial charge in [0.25, 0.3) is 0 Å². The Morgan fingerprint density at radius 1 is 0.950 bits per heavy atom. The van der Waals surface area contributed by atoms with E-state index < -0.39 is 17.5 Å². The average molecular weight is 282 g/mol. The van der Waals surface area contributed by atoms with Gasteiger partial charge in [0.1, 0.15) is 11.6 Å². The van der Waals surface area contributed by atoms with Crippen molar-refractivity contribution in [2.75, 3.05) is 6.61 Å². The molecule has 0 atom stereocenters. The molecule has 2 aromatic rings. The highest BCUT2D eigenvalue weighted by molar-refractivity contribution is 5.69. The number of ether oxygens (including phenoxy) is 1. The zero-order valence-electron chi connectivity index (χ0n) is 10.8. The third kappa shape index (κ3) is 2.77. The maximum atomic E-state index is 13.8. The minimum atomic E-state index is -1.25. The van der Waals surface area contributed by atoms with Gasteiger partial charge in [-0.25, -0.2) is 13.2 Å². The van der Waals surface area contributed by atoms with Crippen LogP contribution in [0.1, 0.15) is 12.5 Å². The van der Waals surface area contributed by atoms with Gasteiger partial charge in [-0.2, -0.15) is 0 Å². The summed E-state index contributed by atoms with van der Waals surface area (Å²) in [4.78, 5) is 0. The van der Waals surface area contributed by atoms with Gasteiger partial charge in [-0.15, -0.1) is 0 Å². The predicted molar refractivity (Wildman–Crippen MR) is 68.8 cm³/mol. The van der Waals surface area contributed by atoms with Crippen molar-refractivity contribution in [2.24, 2.45) is 0 Å². The maximum Gasteiger partial charge on any atom is 0.161 e. The molecule has 2 nitrogen and oxygen atoms in total. The number of hydrogen-bond acceptors (Lipinski definition) is 2. The third-order valence-electron chi connectivity index (χ3n) is 2.86. The smallest absolute Gasteiger partial charge is 0.161 e. The van der Waals surface area contributed by atoms with Crippen LogP contribution >= 0.6 is 0 Å². The van der Waals surface area contributed by atoms with Gasteiger partial charge in [-0.3, -0.25) is 0 Å². The molecule has 0 aliphatic heterocycles. The van der Waals surface area contributed by atoms with Crippen LogP contribution in [-0.2, 0) is 6.61 Å². The van der Waals surface area contributed by atoms with Crippen molar-refractivity contribution in [1.29, 1.82) is 0 Å². The first kappa shape index (κ1) is 14.4. The molecule has 0 fully saturated rings. The first-order valence-corrected chi connectivity index (χ1v) is 6.08. The molecule has 0 amide bonds. The Kier molecular flexibility index (Phi) is 4.29. The molecule has 106 valence electrons. The van der Waals surface area contributed by atoms with Gasteiger partial charge < -0.3 is 9.84 Å². The minimum absolute atomic E-state index is 0.116. The van der Waals surface area contributed by atoms with Gasteiger partial charge in [0.15, 0.2) is 11.6 Å². The lowest BCUT2D eigenvalue weighted by Gasteiger charge is -2.12. The van der Waals surface area contributed by atoms with Gasteiger partial charge in [0.2, 0.25) is 0 Å². The number of hydrogen-bond donors (Lipinski definition) is 1. The van der Waals surface area contributed by atoms with Crippen molar-refractivity contribution in [3.63, 3.8) is 0 Å². The summed E-state index contributed by atoms with van der Waals surface area (Å²) in [6.07, 6.45) is 0. The van der Waals surface area contributed by atoms with Crippen molar-refractivity contribution in [3.05, 3.63) is 53.3 Å². The van der Waals surface area contributed by atoms with E-state index in [4.69, 9.17) is 4.74 Å². The summed E-state index contributed by atoms with van der Waals surface area (Å²) >= 11 is 0. The van der Waals surface area contributed by atoms with E-state index in [-0.39, 0.29) is 17.7 Å². The fourth-order valence-corrected chi connectivity index (χ4v) is 1.93. The molecule has 0 saturated heterocycles. The SMILES string of the molecule is CCOc1ccc(CO)c(-c2cc(F)c(F)cc2F)c1. The first-order valence-electron chi connectivity index (χ1n) is 6.08. The highest BCUT2D eigenvalue weighted by atomic mass is 19.2. The molecule has 0 unspecified atom stereocenters. The Bertz CT molecular complexity index is 627. The van der Waals surface area contributed by atoms with Crippen LogP contribution in [0, 0.1) is 17.5 Å². The quantitative estimate of drug-likeness (QED) is 0.867. The summed E-state index contributed by atoms with van der Waals surface area (Å²) in [5.41, 5.74) is 0.558. The molecule has 0 spiro atoms. The molecule has 0 aliphatic carbocycles. The molecule has 2 rings (SSSR count). The molecule has 0 bridgehead atoms. The Morgan fingerprint density at radius 3 is 2.30 bits per heavy atom. The standard InChI is InChI=1S/C15H13F3O2/c1-2-20-10-4-3-9(8-19)11(5-10)12-6-14(17)15(18)7-13(12)16/h3-7,19H,2,8H2,1H3. The summed E-state index contributed by atoms with van der Waals surface area (Å²) < 4.78 is 45.4. The maximum absolute atomic E-state index is 13.8. The molecule has 0 heterocycles. The second kappa shape index (κ2) is 5.96. The second-order valence-electron chi connectivity index (χ2n) is 4.16. The fraction of sp³-hybridized carbons (Fsp3) is 0.200. The van der Waals surface area contributed by atoms with Crippen molar-refractivity contribution in [1.82, 2.24) is 0 Å². The van der Waals surface area contributed by atoms with Crippen LogP contribution in [0.15, 0.2) is 30.3 Å². The predicted octanol–water partition coefficient (Wildman–Crippen LogP) is 3.66. The third-order valence-corrected chi connectivity index (χ3v) is 2.86. The molecule has 2 aromatic carbocycles. The number of rotatable bonds is 4. The Labute approximate surface area is 114 Å². The van der Waals surface area contributed by atoms with Crippen LogP contribution < -0.4 is 4.74 Å². The lowest BCUT2D eigenvalue weighted by molar-refractivity contribution is 0.282. The summed E-state index contributed by atoms with van der Waals surface area (Å²) in [7, 11) is 0. The van der Waals surface area contributed by atoms with Crippen molar-refractivity contribution in [3.8, 4) is 16.9 Å². The Morgan fingerprint density at radius 2 is 1.65 bits per heavy atom. The molecule has 0 aliphatic rings. The van der Waals surface area contributed by atoms with Gasteiger partial charge in [-0.05, 0) is 36.2 Å². The van der Waals surface area contributed by atoms with E-state index in [1.165, 1.54) is 6.07 Å². The van der Waals surface area contributed by atoms with Crippen LogP contribution in [0.2, 0.25) is 0 Å². The lowest BCUT2D eigenvalue weighted by atomic mass is 9.99. The number of halogens is 3. The molecule has 5 heteroatoms. The normalized spacial score (nSPS) is 10.7. The zero-order valence-corrected chi connectivity index (χ0v) is 10.8. The van der Waals surface area contributed by atoms with E-state index in [1.54, 1.807) is 19.1 Å². The van der Waals surface area contributed by atoms with Crippen molar-refractivity contribution < 1.29 is 23.0 Å². The second-order valence-corrected chi connectivity index (χ2v) is 4.16. The summed E-state index contributed by atoms with van der Waals surface area (Å²) in [6.45, 7) is 1.86. The topological polar surface area (TPSA) is 29.5 Å². The average Bonchev–Trinajstić information content (AvgIpc) is 2.43. The Hall–Kier alpha value is -2.01. The van der Waals surface area contributed by atoms with Crippen LogP contribution in [-0.4, -0.2) is 11.7 Å². The van der Waals surface area contributed by atoms with Crippen molar-refractivity contribution in [2.45, 2.75) is 13.5 Å². The van der Waals surface area contributed by atoms with Crippen LogP contribution in [0.4, 0.5) is 13.2 Å². The van der Waals surface area contributed by atoms with Gasteiger partial charge in [0.05, 0.1) is 13.2 Å². The van der Waals surface area contributed by atoms with Crippen LogP contribution in [0.25, 0.3) is 11.1 Å². The van der Waals surface area contributed by atoms with E-state index in [0.29, 0.717) is 24.0 Å². The highest BCUT2D eigenvalue weighted by Gasteiger charge is 2.15. The molecule has 0 aromatic heterocycles. The largest absolute Gasteiger partial charge is 0.494 e. The van der Waals surface area contributed by atoms with Gasteiger partial charge >= 0.3 is 0 Å². The number of aliphatic hydroxyl groups is 1. The summed E-state index contributed by atoms with van der Waals surface area (Å²) in [5, 5.41) is 9.28. The molecule has 20 heavy (non-hydrogen) atoms. The van der Waals surface area contributed by atoms with E-state index >= 15 is 0 Å². The van der Waals surface area contributed by atoms with E-state index in [0.717, 1.165) is 6.07 Å². The van der Waals surface area contributed by atoms with E-state index in [9.17, 15) is 18.3 Å². The first-order chi connectivity index (χ1) is 9.56. The van der Waals surface area contributed by atoms with Crippen LogP contribution in [0.5, 0.6) is 5.75 Å². The summed E-state index contributed by atoms with van der Waals surface area (Å²) in [6, 6.07) is 5.93. The molecule has 1 N–H and O–H groups in total. The molecule has 0 radical (unpaired) electrons. The van der Waals surface area contributed by atoms with Gasteiger partial charge in [-0.1, -0.05) is 6.07 Å². The highest BCUT2D eigenvalue weighted by Crippen LogP contribution is 2.31.